The smallest absolute Gasteiger partial charge is 0.362 e. The first kappa shape index (κ1) is 25.3. The first-order chi connectivity index (χ1) is 19.5. The predicted octanol–water partition coefficient (Wildman–Crippen LogP) is 3.30. The van der Waals surface area contributed by atoms with E-state index in [2.05, 4.69) is 27.2 Å². The van der Waals surface area contributed by atoms with Gasteiger partial charge in [0.05, 0.1) is 11.4 Å². The van der Waals surface area contributed by atoms with Crippen LogP contribution in [0.3, 0.4) is 0 Å². The summed E-state index contributed by atoms with van der Waals surface area (Å²) >= 11 is 0. The van der Waals surface area contributed by atoms with Gasteiger partial charge in [-0.1, -0.05) is 42.2 Å². The molecule has 5 aromatic rings. The molecule has 3 aromatic heterocycles. The molecule has 4 N–H and O–H groups in total. The Kier molecular flexibility index (Phi) is 6.76. The van der Waals surface area contributed by atoms with E-state index in [9.17, 15) is 9.59 Å². The molecule has 0 radical (unpaired) electrons. The van der Waals surface area contributed by atoms with E-state index >= 15 is 0 Å². The Labute approximate surface area is 230 Å². The second kappa shape index (κ2) is 10.7. The van der Waals surface area contributed by atoms with Crippen LogP contribution in [0.25, 0.3) is 22.1 Å². The zero-order chi connectivity index (χ0) is 27.6. The fourth-order valence-electron chi connectivity index (χ4n) is 5.19. The molecule has 0 spiro atoms. The van der Waals surface area contributed by atoms with Gasteiger partial charge < -0.3 is 15.8 Å². The number of nitrogens with two attached hydrogens (primary N) is 1. The molecule has 1 atom stereocenters. The highest BCUT2D eigenvalue weighted by atomic mass is 16.5. The van der Waals surface area contributed by atoms with E-state index in [1.807, 2.05) is 61.5 Å². The summed E-state index contributed by atoms with van der Waals surface area (Å²) in [6.45, 7) is 3.27. The average Bonchev–Trinajstić information content (AvgIpc) is 3.32. The van der Waals surface area contributed by atoms with E-state index in [-0.39, 0.29) is 22.9 Å². The van der Waals surface area contributed by atoms with Crippen molar-refractivity contribution in [3.63, 3.8) is 0 Å². The predicted molar refractivity (Wildman–Crippen MR) is 152 cm³/mol. The molecular formula is C31H29N6O3+. The van der Waals surface area contributed by atoms with Crippen LogP contribution in [0.1, 0.15) is 47.4 Å². The summed E-state index contributed by atoms with van der Waals surface area (Å²) in [6.07, 6.45) is 5.12. The van der Waals surface area contributed by atoms with Crippen molar-refractivity contribution in [3.05, 3.63) is 100 Å². The molecule has 9 nitrogen and oxygen atoms in total. The van der Waals surface area contributed by atoms with E-state index < -0.39 is 11.9 Å². The van der Waals surface area contributed by atoms with Crippen LogP contribution in [0, 0.1) is 17.8 Å². The van der Waals surface area contributed by atoms with Crippen molar-refractivity contribution in [2.24, 2.45) is 5.92 Å². The Bertz CT molecular complexity index is 1840. The monoisotopic (exact) mass is 533 g/mol. The normalized spacial score (nSPS) is 14.5. The topological polar surface area (TPSA) is 119 Å². The molecule has 1 saturated heterocycles. The molecule has 0 aliphatic carbocycles. The number of rotatable bonds is 4. The highest BCUT2D eigenvalue weighted by molar-refractivity contribution is 6.03. The first-order valence-electron chi connectivity index (χ1n) is 13.3. The quantitative estimate of drug-likeness (QED) is 0.242. The lowest BCUT2D eigenvalue weighted by Gasteiger charge is -2.21. The number of aromatic nitrogens is 4. The number of anilines is 1. The summed E-state index contributed by atoms with van der Waals surface area (Å²) in [7, 11) is 0. The number of hydrogen-bond acceptors (Lipinski definition) is 5. The number of carbonyl (C=O) groups excluding carboxylic acids is 1. The zero-order valence-corrected chi connectivity index (χ0v) is 22.1. The van der Waals surface area contributed by atoms with E-state index in [1.165, 1.54) is 0 Å². The lowest BCUT2D eigenvalue weighted by Crippen LogP contribution is -2.33. The van der Waals surface area contributed by atoms with Crippen LogP contribution < -0.4 is 21.1 Å². The molecule has 0 bridgehead atoms. The maximum absolute atomic E-state index is 14.2. The Hall–Kier alpha value is -4.94. The molecular weight excluding hydrogens is 504 g/mol. The SMILES string of the molecule is CC(NC(=O)c1c(N)[nH][n+]2cccnc12)c1cc2cccc(C#CC3CCOCC3)c2c(=O)n1-c1ccccc1. The van der Waals surface area contributed by atoms with Crippen LogP contribution in [0.5, 0.6) is 0 Å². The van der Waals surface area contributed by atoms with Crippen molar-refractivity contribution in [1.82, 2.24) is 20.0 Å². The van der Waals surface area contributed by atoms with Gasteiger partial charge in [-0.2, -0.15) is 0 Å². The number of pyridine rings is 1. The Morgan fingerprint density at radius 1 is 1.18 bits per heavy atom. The lowest BCUT2D eigenvalue weighted by molar-refractivity contribution is -0.577. The van der Waals surface area contributed by atoms with Crippen molar-refractivity contribution >= 4 is 28.1 Å². The van der Waals surface area contributed by atoms with Crippen LogP contribution in [0.4, 0.5) is 5.82 Å². The molecule has 6 rings (SSSR count). The fraction of sp³-hybridized carbons (Fsp3) is 0.226. The zero-order valence-electron chi connectivity index (χ0n) is 22.1. The third-order valence-corrected chi connectivity index (χ3v) is 7.22. The lowest BCUT2D eigenvalue weighted by atomic mass is 9.99. The number of nitrogens with zero attached hydrogens (tertiary/aromatic N) is 3. The fourth-order valence-corrected chi connectivity index (χ4v) is 5.19. The maximum atomic E-state index is 14.2. The van der Waals surface area contributed by atoms with Gasteiger partial charge in [0.1, 0.15) is 12.4 Å². The molecule has 1 unspecified atom stereocenters. The third-order valence-electron chi connectivity index (χ3n) is 7.22. The molecule has 9 heteroatoms. The number of aromatic amines is 1. The summed E-state index contributed by atoms with van der Waals surface area (Å²) in [4.78, 5) is 31.9. The van der Waals surface area contributed by atoms with Crippen LogP contribution in [0.15, 0.2) is 77.9 Å². The minimum Gasteiger partial charge on any atom is -0.382 e. The minimum absolute atomic E-state index is 0.194. The summed E-state index contributed by atoms with van der Waals surface area (Å²) in [6, 6.07) is 18.3. The van der Waals surface area contributed by atoms with Gasteiger partial charge in [-0.3, -0.25) is 14.2 Å². The number of carbonyl (C=O) groups is 1. The second-order valence-corrected chi connectivity index (χ2v) is 9.88. The van der Waals surface area contributed by atoms with E-state index in [1.54, 1.807) is 27.5 Å². The number of para-hydroxylation sites is 1. The number of benzene rings is 2. The molecule has 1 fully saturated rings. The number of fused-ring (bicyclic) bond motifs is 2. The number of H-pyrrole nitrogens is 1. The highest BCUT2D eigenvalue weighted by Gasteiger charge is 2.27. The molecule has 40 heavy (non-hydrogen) atoms. The largest absolute Gasteiger partial charge is 0.382 e. The Balaban J connectivity index is 1.45. The third kappa shape index (κ3) is 4.70. The van der Waals surface area contributed by atoms with Crippen molar-refractivity contribution in [3.8, 4) is 17.5 Å². The summed E-state index contributed by atoms with van der Waals surface area (Å²) in [5, 5.41) is 7.26. The van der Waals surface area contributed by atoms with E-state index in [0.29, 0.717) is 41.2 Å². The van der Waals surface area contributed by atoms with Gasteiger partial charge >= 0.3 is 5.65 Å². The standard InChI is InChI=1S/C31H28N6O3/c1-20(34-30(38)27-28(32)35-36-16-6-15-33-29(27)36)25-19-23-8-5-7-22(12-11-21-13-17-40-18-14-21)26(23)31(39)37(25)24-9-3-2-4-10-24/h2-10,15-16,19-21H,13-14,17-18H2,1H3,(H3,32,34,35,38)/p+1. The van der Waals surface area contributed by atoms with Gasteiger partial charge in [0, 0.05) is 42.1 Å². The van der Waals surface area contributed by atoms with Gasteiger partial charge in [0.2, 0.25) is 0 Å². The van der Waals surface area contributed by atoms with Crippen LogP contribution in [-0.2, 0) is 4.74 Å². The van der Waals surface area contributed by atoms with Crippen molar-refractivity contribution in [2.45, 2.75) is 25.8 Å². The highest BCUT2D eigenvalue weighted by Crippen LogP contribution is 2.24. The van der Waals surface area contributed by atoms with E-state index in [4.69, 9.17) is 10.5 Å². The van der Waals surface area contributed by atoms with Crippen molar-refractivity contribution in [2.75, 3.05) is 18.9 Å². The molecule has 1 amide bonds. The first-order valence-corrected chi connectivity index (χ1v) is 13.3. The van der Waals surface area contributed by atoms with Gasteiger partial charge in [-0.25, -0.2) is 5.10 Å². The van der Waals surface area contributed by atoms with Crippen molar-refractivity contribution in [1.29, 1.82) is 0 Å². The van der Waals surface area contributed by atoms with Gasteiger partial charge in [-0.15, -0.1) is 4.52 Å². The number of hydrogen-bond donors (Lipinski definition) is 3. The maximum Gasteiger partial charge on any atom is 0.362 e. The summed E-state index contributed by atoms with van der Waals surface area (Å²) in [5.41, 5.74) is 8.61. The number of nitrogens with one attached hydrogen (secondary N) is 2. The molecule has 0 saturated carbocycles. The van der Waals surface area contributed by atoms with Crippen LogP contribution in [-0.4, -0.2) is 33.8 Å². The van der Waals surface area contributed by atoms with Gasteiger partial charge in [-0.05, 0) is 54.4 Å². The molecule has 4 heterocycles. The van der Waals surface area contributed by atoms with Gasteiger partial charge in [0.25, 0.3) is 11.5 Å². The number of amides is 1. The summed E-state index contributed by atoms with van der Waals surface area (Å²) < 4.78 is 8.70. The second-order valence-electron chi connectivity index (χ2n) is 9.88. The average molecular weight is 534 g/mol. The molecule has 1 aliphatic rings. The van der Waals surface area contributed by atoms with Crippen LogP contribution in [0.2, 0.25) is 0 Å². The van der Waals surface area contributed by atoms with Crippen molar-refractivity contribution < 1.29 is 14.0 Å². The Morgan fingerprint density at radius 2 is 1.98 bits per heavy atom. The molecule has 200 valence electrons. The summed E-state index contributed by atoms with van der Waals surface area (Å²) in [5.74, 6) is 6.70. The molecule has 1 aliphatic heterocycles. The number of nitrogen functional groups attached to an aromatic ring is 1. The Morgan fingerprint density at radius 3 is 2.77 bits per heavy atom. The number of ether oxygens (including phenoxy) is 1. The minimum atomic E-state index is -0.542. The van der Waals surface area contributed by atoms with E-state index in [0.717, 1.165) is 18.2 Å². The molecule has 2 aromatic carbocycles. The van der Waals surface area contributed by atoms with Gasteiger partial charge in [0.15, 0.2) is 11.4 Å². The van der Waals surface area contributed by atoms with Crippen LogP contribution >= 0.6 is 0 Å².